The number of Topliss-reactive ketones (excluding diaryl/α,β-unsaturated/α-hetero) is 1. The summed E-state index contributed by atoms with van der Waals surface area (Å²) in [5.41, 5.74) is 7.57. The summed E-state index contributed by atoms with van der Waals surface area (Å²) in [4.78, 5) is 11.3. The van der Waals surface area contributed by atoms with Crippen LogP contribution in [0.15, 0.2) is 40.9 Å². The molecule has 0 aromatic heterocycles. The highest BCUT2D eigenvalue weighted by Crippen LogP contribution is 2.26. The van der Waals surface area contributed by atoms with Crippen LogP contribution in [0.25, 0.3) is 0 Å². The van der Waals surface area contributed by atoms with E-state index < -0.39 is 0 Å². The smallest absolute Gasteiger partial charge is 0.161 e. The molecule has 98 valence electrons. The van der Waals surface area contributed by atoms with Gasteiger partial charge in [0.2, 0.25) is 0 Å². The van der Waals surface area contributed by atoms with Crippen LogP contribution in [-0.4, -0.2) is 5.78 Å². The quantitative estimate of drug-likeness (QED) is 0.660. The van der Waals surface area contributed by atoms with E-state index in [0.29, 0.717) is 22.6 Å². The van der Waals surface area contributed by atoms with E-state index in [2.05, 4.69) is 21.2 Å². The van der Waals surface area contributed by atoms with Crippen molar-refractivity contribution < 1.29 is 9.18 Å². The van der Waals surface area contributed by atoms with E-state index in [1.807, 2.05) is 0 Å². The number of carbonyl (C=O) groups is 1. The first-order valence-electron chi connectivity index (χ1n) is 5.60. The summed E-state index contributed by atoms with van der Waals surface area (Å²) in [6, 6.07) is 9.53. The first kappa shape index (κ1) is 13.5. The van der Waals surface area contributed by atoms with E-state index in [1.165, 1.54) is 13.0 Å². The molecular formula is C14H12BrFN2O. The molecule has 2 aromatic rings. The van der Waals surface area contributed by atoms with Gasteiger partial charge < -0.3 is 11.1 Å². The first-order valence-corrected chi connectivity index (χ1v) is 6.39. The summed E-state index contributed by atoms with van der Waals surface area (Å²) in [7, 11) is 0. The zero-order valence-corrected chi connectivity index (χ0v) is 11.8. The van der Waals surface area contributed by atoms with Gasteiger partial charge in [-0.1, -0.05) is 15.9 Å². The summed E-state index contributed by atoms with van der Waals surface area (Å²) in [5.74, 6) is -0.463. The van der Waals surface area contributed by atoms with Crippen molar-refractivity contribution in [3.8, 4) is 0 Å². The van der Waals surface area contributed by atoms with E-state index in [4.69, 9.17) is 5.73 Å². The molecule has 0 amide bonds. The number of ketones is 1. The number of halogens is 2. The fourth-order valence-electron chi connectivity index (χ4n) is 1.71. The third-order valence-electron chi connectivity index (χ3n) is 2.64. The van der Waals surface area contributed by atoms with E-state index in [9.17, 15) is 9.18 Å². The second kappa shape index (κ2) is 5.40. The molecule has 5 heteroatoms. The maximum Gasteiger partial charge on any atom is 0.161 e. The Hall–Kier alpha value is -1.88. The highest BCUT2D eigenvalue weighted by Gasteiger charge is 2.07. The molecule has 0 heterocycles. The molecule has 3 N–H and O–H groups in total. The van der Waals surface area contributed by atoms with Gasteiger partial charge in [-0.3, -0.25) is 4.79 Å². The Balaban J connectivity index is 2.31. The number of nitrogens with one attached hydrogen (secondary N) is 1. The molecule has 0 saturated heterocycles. The fourth-order valence-corrected chi connectivity index (χ4v) is 2.07. The average molecular weight is 323 g/mol. The molecule has 19 heavy (non-hydrogen) atoms. The number of nitrogens with two attached hydrogens (primary N) is 1. The lowest BCUT2D eigenvalue weighted by Gasteiger charge is -2.10. The maximum atomic E-state index is 13.6. The van der Waals surface area contributed by atoms with Crippen molar-refractivity contribution in [1.29, 1.82) is 0 Å². The molecule has 0 unspecified atom stereocenters. The Morgan fingerprint density at radius 3 is 2.63 bits per heavy atom. The van der Waals surface area contributed by atoms with Crippen LogP contribution in [0.2, 0.25) is 0 Å². The molecule has 0 saturated carbocycles. The standard InChI is InChI=1S/C14H12BrFN2O/c1-8(19)11-4-3-10(7-13(11)17)18-14-6-9(15)2-5-12(14)16/h2-7,18H,17H2,1H3. The van der Waals surface area contributed by atoms with Gasteiger partial charge in [-0.25, -0.2) is 4.39 Å². The molecule has 0 radical (unpaired) electrons. The molecule has 3 nitrogen and oxygen atoms in total. The van der Waals surface area contributed by atoms with Gasteiger partial charge >= 0.3 is 0 Å². The van der Waals surface area contributed by atoms with Crippen molar-refractivity contribution in [2.24, 2.45) is 0 Å². The van der Waals surface area contributed by atoms with Crippen LogP contribution >= 0.6 is 15.9 Å². The second-order valence-electron chi connectivity index (χ2n) is 4.11. The normalized spacial score (nSPS) is 10.3. The number of carbonyl (C=O) groups excluding carboxylic acids is 1. The number of anilines is 3. The lowest BCUT2D eigenvalue weighted by atomic mass is 10.1. The summed E-state index contributed by atoms with van der Waals surface area (Å²) < 4.78 is 14.4. The van der Waals surface area contributed by atoms with Crippen LogP contribution in [-0.2, 0) is 0 Å². The molecule has 0 aliphatic heterocycles. The third-order valence-corrected chi connectivity index (χ3v) is 3.13. The zero-order chi connectivity index (χ0) is 14.0. The topological polar surface area (TPSA) is 55.1 Å². The fraction of sp³-hybridized carbons (Fsp3) is 0.0714. The van der Waals surface area contributed by atoms with Gasteiger partial charge in [0, 0.05) is 21.4 Å². The molecule has 0 bridgehead atoms. The van der Waals surface area contributed by atoms with Gasteiger partial charge in [0.25, 0.3) is 0 Å². The first-order chi connectivity index (χ1) is 8.97. The Morgan fingerprint density at radius 1 is 1.26 bits per heavy atom. The molecule has 2 aromatic carbocycles. The molecule has 2 rings (SSSR count). The number of nitrogen functional groups attached to an aromatic ring is 1. The highest BCUT2D eigenvalue weighted by molar-refractivity contribution is 9.10. The van der Waals surface area contributed by atoms with Crippen LogP contribution in [0.5, 0.6) is 0 Å². The maximum absolute atomic E-state index is 13.6. The minimum absolute atomic E-state index is 0.0994. The van der Waals surface area contributed by atoms with Gasteiger partial charge in [-0.15, -0.1) is 0 Å². The van der Waals surface area contributed by atoms with Crippen molar-refractivity contribution in [1.82, 2.24) is 0 Å². The van der Waals surface area contributed by atoms with Gasteiger partial charge in [0.1, 0.15) is 5.82 Å². The SMILES string of the molecule is CC(=O)c1ccc(Nc2cc(Br)ccc2F)cc1N. The predicted octanol–water partition coefficient (Wildman–Crippen LogP) is 4.12. The molecule has 0 spiro atoms. The molecule has 0 fully saturated rings. The summed E-state index contributed by atoms with van der Waals surface area (Å²) in [6.45, 7) is 1.45. The summed E-state index contributed by atoms with van der Waals surface area (Å²) >= 11 is 3.28. The lowest BCUT2D eigenvalue weighted by Crippen LogP contribution is -2.01. The lowest BCUT2D eigenvalue weighted by molar-refractivity contribution is 0.101. The van der Waals surface area contributed by atoms with Gasteiger partial charge in [-0.2, -0.15) is 0 Å². The predicted molar refractivity (Wildman–Crippen MR) is 78.2 cm³/mol. The van der Waals surface area contributed by atoms with Crippen molar-refractivity contribution in [3.63, 3.8) is 0 Å². The van der Waals surface area contributed by atoms with Gasteiger partial charge in [0.15, 0.2) is 5.78 Å². The summed E-state index contributed by atoms with van der Waals surface area (Å²) in [6.07, 6.45) is 0. The van der Waals surface area contributed by atoms with Crippen molar-refractivity contribution >= 4 is 38.8 Å². The van der Waals surface area contributed by atoms with Crippen molar-refractivity contribution in [2.75, 3.05) is 11.1 Å². The number of hydrogen-bond acceptors (Lipinski definition) is 3. The summed E-state index contributed by atoms with van der Waals surface area (Å²) in [5, 5.41) is 2.92. The monoisotopic (exact) mass is 322 g/mol. The molecule has 0 aliphatic carbocycles. The zero-order valence-electron chi connectivity index (χ0n) is 10.2. The molecule has 0 aliphatic rings. The Labute approximate surface area is 118 Å². The Bertz CT molecular complexity index is 643. The molecular weight excluding hydrogens is 311 g/mol. The van der Waals surface area contributed by atoms with Crippen LogP contribution in [0.3, 0.4) is 0 Å². The minimum atomic E-state index is -0.364. The van der Waals surface area contributed by atoms with Crippen LogP contribution in [0.4, 0.5) is 21.5 Å². The highest BCUT2D eigenvalue weighted by atomic mass is 79.9. The van der Waals surface area contributed by atoms with Crippen LogP contribution in [0, 0.1) is 5.82 Å². The third kappa shape index (κ3) is 3.12. The van der Waals surface area contributed by atoms with E-state index in [0.717, 1.165) is 4.47 Å². The van der Waals surface area contributed by atoms with Gasteiger partial charge in [0.05, 0.1) is 5.69 Å². The van der Waals surface area contributed by atoms with Gasteiger partial charge in [-0.05, 0) is 43.3 Å². The largest absolute Gasteiger partial charge is 0.398 e. The Kier molecular flexibility index (Phi) is 3.85. The average Bonchev–Trinajstić information content (AvgIpc) is 2.33. The van der Waals surface area contributed by atoms with Crippen molar-refractivity contribution in [2.45, 2.75) is 6.92 Å². The van der Waals surface area contributed by atoms with E-state index >= 15 is 0 Å². The second-order valence-corrected chi connectivity index (χ2v) is 5.02. The van der Waals surface area contributed by atoms with Crippen LogP contribution in [0.1, 0.15) is 17.3 Å². The number of rotatable bonds is 3. The number of hydrogen-bond donors (Lipinski definition) is 2. The molecule has 0 atom stereocenters. The van der Waals surface area contributed by atoms with Crippen molar-refractivity contribution in [3.05, 3.63) is 52.3 Å². The number of benzene rings is 2. The van der Waals surface area contributed by atoms with E-state index in [-0.39, 0.29) is 11.6 Å². The Morgan fingerprint density at radius 2 is 2.00 bits per heavy atom. The van der Waals surface area contributed by atoms with E-state index in [1.54, 1.807) is 30.3 Å². The minimum Gasteiger partial charge on any atom is -0.398 e. The van der Waals surface area contributed by atoms with Crippen LogP contribution < -0.4 is 11.1 Å².